The number of esters is 1. The molecule has 1 unspecified atom stereocenters. The molecule has 1 N–H and O–H groups in total. The van der Waals surface area contributed by atoms with Crippen LogP contribution >= 0.6 is 11.6 Å². The number of hydrogen-bond acceptors (Lipinski definition) is 5. The van der Waals surface area contributed by atoms with E-state index in [0.717, 1.165) is 5.39 Å². The van der Waals surface area contributed by atoms with Crippen molar-refractivity contribution in [1.29, 1.82) is 0 Å². The van der Waals surface area contributed by atoms with Crippen molar-refractivity contribution < 1.29 is 19.1 Å². The van der Waals surface area contributed by atoms with E-state index in [0.29, 0.717) is 16.5 Å². The first-order chi connectivity index (χ1) is 12.1. The zero-order valence-corrected chi connectivity index (χ0v) is 16.4. The number of rotatable bonds is 5. The molecule has 1 atom stereocenters. The Morgan fingerprint density at radius 1 is 1.35 bits per heavy atom. The number of carbonyl (C=O) groups excluding carboxylic acids is 2. The van der Waals surface area contributed by atoms with Gasteiger partial charge in [0.15, 0.2) is 0 Å². The third kappa shape index (κ3) is 4.88. The summed E-state index contributed by atoms with van der Waals surface area (Å²) < 4.78 is 12.1. The number of aromatic nitrogens is 2. The van der Waals surface area contributed by atoms with Gasteiger partial charge in [0.25, 0.3) is 0 Å². The SMILES string of the molecule is CCOC(=O)c1cc2ccc(Cl)nc2n1C(C)CNC(=O)OC(C)(C)C. The maximum Gasteiger partial charge on any atom is 0.407 e. The van der Waals surface area contributed by atoms with Crippen LogP contribution in [-0.2, 0) is 9.47 Å². The predicted molar refractivity (Wildman–Crippen MR) is 99.6 cm³/mol. The van der Waals surface area contributed by atoms with Gasteiger partial charge in [-0.05, 0) is 52.8 Å². The molecule has 0 saturated carbocycles. The van der Waals surface area contributed by atoms with E-state index in [1.807, 2.05) is 6.92 Å². The average molecular weight is 382 g/mol. The summed E-state index contributed by atoms with van der Waals surface area (Å²) in [7, 11) is 0. The molecule has 0 fully saturated rings. The summed E-state index contributed by atoms with van der Waals surface area (Å²) in [5, 5.41) is 3.79. The Labute approximate surface area is 157 Å². The smallest absolute Gasteiger partial charge is 0.407 e. The van der Waals surface area contributed by atoms with Crippen LogP contribution in [0.4, 0.5) is 4.79 Å². The summed E-state index contributed by atoms with van der Waals surface area (Å²) in [4.78, 5) is 28.6. The number of alkyl carbamates (subject to hydrolysis) is 1. The van der Waals surface area contributed by atoms with E-state index in [1.165, 1.54) is 0 Å². The van der Waals surface area contributed by atoms with Crippen LogP contribution in [0.5, 0.6) is 0 Å². The fourth-order valence-corrected chi connectivity index (χ4v) is 2.66. The van der Waals surface area contributed by atoms with Crippen molar-refractivity contribution in [3.63, 3.8) is 0 Å². The summed E-state index contributed by atoms with van der Waals surface area (Å²) >= 11 is 6.02. The molecule has 142 valence electrons. The van der Waals surface area contributed by atoms with Crippen LogP contribution in [0.1, 0.15) is 51.1 Å². The minimum absolute atomic E-state index is 0.249. The fraction of sp³-hybridized carbons (Fsp3) is 0.500. The van der Waals surface area contributed by atoms with Gasteiger partial charge in [-0.2, -0.15) is 0 Å². The minimum atomic E-state index is -0.585. The molecule has 8 heteroatoms. The first kappa shape index (κ1) is 20.0. The third-order valence-corrected chi connectivity index (χ3v) is 3.73. The second-order valence-electron chi connectivity index (χ2n) is 6.90. The summed E-state index contributed by atoms with van der Waals surface area (Å²) in [6.45, 7) is 9.49. The molecule has 7 nitrogen and oxygen atoms in total. The van der Waals surface area contributed by atoms with Crippen molar-refractivity contribution in [1.82, 2.24) is 14.9 Å². The van der Waals surface area contributed by atoms with E-state index < -0.39 is 17.7 Å². The van der Waals surface area contributed by atoms with Gasteiger partial charge in [0.05, 0.1) is 12.6 Å². The lowest BCUT2D eigenvalue weighted by atomic mass is 10.2. The van der Waals surface area contributed by atoms with Crippen LogP contribution in [0.15, 0.2) is 18.2 Å². The van der Waals surface area contributed by atoms with Gasteiger partial charge in [0.1, 0.15) is 22.1 Å². The normalized spacial score (nSPS) is 12.7. The number of nitrogens with one attached hydrogen (secondary N) is 1. The van der Waals surface area contributed by atoms with E-state index in [-0.39, 0.29) is 19.2 Å². The van der Waals surface area contributed by atoms with Crippen molar-refractivity contribution in [2.75, 3.05) is 13.2 Å². The molecule has 26 heavy (non-hydrogen) atoms. The second kappa shape index (κ2) is 7.95. The van der Waals surface area contributed by atoms with Crippen molar-refractivity contribution in [3.8, 4) is 0 Å². The predicted octanol–water partition coefficient (Wildman–Crippen LogP) is 3.95. The highest BCUT2D eigenvalue weighted by Crippen LogP contribution is 2.25. The Kier molecular flexibility index (Phi) is 6.13. The highest BCUT2D eigenvalue weighted by Gasteiger charge is 2.23. The maximum absolute atomic E-state index is 12.3. The van der Waals surface area contributed by atoms with Crippen molar-refractivity contribution in [3.05, 3.63) is 29.0 Å². The quantitative estimate of drug-likeness (QED) is 0.626. The highest BCUT2D eigenvalue weighted by atomic mass is 35.5. The van der Waals surface area contributed by atoms with E-state index in [4.69, 9.17) is 21.1 Å². The Bertz CT molecular complexity index is 811. The molecule has 0 saturated heterocycles. The zero-order chi connectivity index (χ0) is 19.5. The van der Waals surface area contributed by atoms with Crippen LogP contribution in [0.3, 0.4) is 0 Å². The summed E-state index contributed by atoms with van der Waals surface area (Å²) in [6, 6.07) is 4.89. The standard InChI is InChI=1S/C18H24ClN3O4/c1-6-25-16(23)13-9-12-7-8-14(19)21-15(12)22(13)11(2)10-20-17(24)26-18(3,4)5/h7-9,11H,6,10H2,1-5H3,(H,20,24). The lowest BCUT2D eigenvalue weighted by molar-refractivity contribution is 0.0511. The van der Waals surface area contributed by atoms with Gasteiger partial charge in [-0.25, -0.2) is 14.6 Å². The van der Waals surface area contributed by atoms with Gasteiger partial charge in [-0.15, -0.1) is 0 Å². The number of pyridine rings is 1. The zero-order valence-electron chi connectivity index (χ0n) is 15.6. The molecular formula is C18H24ClN3O4. The second-order valence-corrected chi connectivity index (χ2v) is 7.29. The van der Waals surface area contributed by atoms with Crippen molar-refractivity contribution in [2.45, 2.75) is 46.3 Å². The van der Waals surface area contributed by atoms with E-state index >= 15 is 0 Å². The maximum atomic E-state index is 12.3. The number of nitrogens with zero attached hydrogens (tertiary/aromatic N) is 2. The largest absolute Gasteiger partial charge is 0.461 e. The molecule has 0 aliphatic heterocycles. The summed E-state index contributed by atoms with van der Waals surface area (Å²) in [5.41, 5.74) is 0.327. The molecule has 0 aliphatic rings. The third-order valence-electron chi connectivity index (χ3n) is 3.52. The number of ether oxygens (including phenoxy) is 2. The fourth-order valence-electron chi connectivity index (χ4n) is 2.52. The lowest BCUT2D eigenvalue weighted by Crippen LogP contribution is -2.35. The Morgan fingerprint density at radius 2 is 2.04 bits per heavy atom. The molecule has 2 heterocycles. The number of hydrogen-bond donors (Lipinski definition) is 1. The van der Waals surface area contributed by atoms with Crippen LogP contribution in [0.2, 0.25) is 5.15 Å². The number of carbonyl (C=O) groups is 2. The van der Waals surface area contributed by atoms with Crippen LogP contribution in [0.25, 0.3) is 11.0 Å². The molecule has 0 aliphatic carbocycles. The average Bonchev–Trinajstić information content (AvgIpc) is 2.90. The number of amides is 1. The van der Waals surface area contributed by atoms with E-state index in [2.05, 4.69) is 10.3 Å². The molecule has 2 aromatic heterocycles. The van der Waals surface area contributed by atoms with Gasteiger partial charge < -0.3 is 19.4 Å². The van der Waals surface area contributed by atoms with Crippen LogP contribution in [0, 0.1) is 0 Å². The molecule has 2 rings (SSSR count). The molecule has 0 bridgehead atoms. The van der Waals surface area contributed by atoms with Gasteiger partial charge in [-0.1, -0.05) is 11.6 Å². The van der Waals surface area contributed by atoms with Gasteiger partial charge in [0, 0.05) is 11.9 Å². The van der Waals surface area contributed by atoms with Crippen LogP contribution < -0.4 is 5.32 Å². The summed E-state index contributed by atoms with van der Waals surface area (Å²) in [6.07, 6.45) is -0.524. The number of fused-ring (bicyclic) bond motifs is 1. The highest BCUT2D eigenvalue weighted by molar-refractivity contribution is 6.29. The Morgan fingerprint density at radius 3 is 2.65 bits per heavy atom. The number of halogens is 1. The van der Waals surface area contributed by atoms with Gasteiger partial charge in [-0.3, -0.25) is 0 Å². The molecule has 1 amide bonds. The van der Waals surface area contributed by atoms with E-state index in [1.54, 1.807) is 50.5 Å². The first-order valence-electron chi connectivity index (χ1n) is 8.44. The van der Waals surface area contributed by atoms with Crippen LogP contribution in [-0.4, -0.2) is 40.4 Å². The molecule has 0 spiro atoms. The Hall–Kier alpha value is -2.28. The Balaban J connectivity index is 2.30. The molecular weight excluding hydrogens is 358 g/mol. The van der Waals surface area contributed by atoms with Gasteiger partial charge >= 0.3 is 12.1 Å². The molecule has 2 aromatic rings. The van der Waals surface area contributed by atoms with E-state index in [9.17, 15) is 9.59 Å². The molecule has 0 radical (unpaired) electrons. The van der Waals surface area contributed by atoms with Gasteiger partial charge in [0.2, 0.25) is 0 Å². The topological polar surface area (TPSA) is 82.5 Å². The van der Waals surface area contributed by atoms with Crippen molar-refractivity contribution in [2.24, 2.45) is 0 Å². The van der Waals surface area contributed by atoms with Crippen molar-refractivity contribution >= 4 is 34.7 Å². The molecule has 0 aromatic carbocycles. The first-order valence-corrected chi connectivity index (χ1v) is 8.81. The lowest BCUT2D eigenvalue weighted by Gasteiger charge is -2.22. The summed E-state index contributed by atoms with van der Waals surface area (Å²) in [5.74, 6) is -0.453. The monoisotopic (exact) mass is 381 g/mol. The minimum Gasteiger partial charge on any atom is -0.461 e.